The van der Waals surface area contributed by atoms with Crippen LogP contribution in [0.2, 0.25) is 0 Å². The van der Waals surface area contributed by atoms with Crippen molar-refractivity contribution in [2.75, 3.05) is 59.4 Å². The Morgan fingerprint density at radius 3 is 2.20 bits per heavy atom. The molecular weight excluding hydrogens is 310 g/mol. The fourth-order valence-corrected chi connectivity index (χ4v) is 3.47. The predicted octanol–water partition coefficient (Wildman–Crippen LogP) is 2.64. The molecule has 5 nitrogen and oxygen atoms in total. The Kier molecular flexibility index (Phi) is 11.9. The molecule has 1 aliphatic rings. The summed E-state index contributed by atoms with van der Waals surface area (Å²) in [5.41, 5.74) is 0. The maximum absolute atomic E-state index is 4.39. The molecule has 0 bridgehead atoms. The van der Waals surface area contributed by atoms with Crippen molar-refractivity contribution in [2.45, 2.75) is 53.4 Å². The third-order valence-electron chi connectivity index (χ3n) is 5.43. The largest absolute Gasteiger partial charge is 0.356 e. The van der Waals surface area contributed by atoms with E-state index >= 15 is 0 Å². The maximum Gasteiger partial charge on any atom is 0.190 e. The lowest BCUT2D eigenvalue weighted by molar-refractivity contribution is 0.124. The van der Waals surface area contributed by atoms with Crippen molar-refractivity contribution >= 4 is 5.96 Å². The molecule has 0 spiro atoms. The van der Waals surface area contributed by atoms with E-state index in [9.17, 15) is 0 Å². The first kappa shape index (κ1) is 22.2. The van der Waals surface area contributed by atoms with E-state index in [2.05, 4.69) is 53.1 Å². The summed E-state index contributed by atoms with van der Waals surface area (Å²) in [5, 5.41) is 7.04. The number of rotatable bonds is 11. The van der Waals surface area contributed by atoms with Crippen molar-refractivity contribution in [1.82, 2.24) is 20.4 Å². The summed E-state index contributed by atoms with van der Waals surface area (Å²) in [5.74, 6) is 2.34. The van der Waals surface area contributed by atoms with Crippen LogP contribution >= 0.6 is 0 Å². The highest BCUT2D eigenvalue weighted by molar-refractivity contribution is 5.79. The molecule has 1 saturated heterocycles. The normalized spacial score (nSPS) is 19.6. The van der Waals surface area contributed by atoms with Gasteiger partial charge in [-0.3, -0.25) is 4.99 Å². The second-order valence-corrected chi connectivity index (χ2v) is 7.59. The van der Waals surface area contributed by atoms with Crippen LogP contribution in [0.1, 0.15) is 53.4 Å². The van der Waals surface area contributed by atoms with Gasteiger partial charge in [-0.2, -0.15) is 0 Å². The second-order valence-electron chi connectivity index (χ2n) is 7.59. The fourth-order valence-electron chi connectivity index (χ4n) is 3.47. The van der Waals surface area contributed by atoms with Gasteiger partial charge in [-0.15, -0.1) is 0 Å². The molecule has 1 heterocycles. The molecule has 0 saturated carbocycles. The van der Waals surface area contributed by atoms with Gasteiger partial charge in [0.25, 0.3) is 0 Å². The predicted molar refractivity (Wildman–Crippen MR) is 110 cm³/mol. The summed E-state index contributed by atoms with van der Waals surface area (Å²) < 4.78 is 0. The smallest absolute Gasteiger partial charge is 0.190 e. The molecule has 0 amide bonds. The number of hydrogen-bond acceptors (Lipinski definition) is 3. The van der Waals surface area contributed by atoms with Gasteiger partial charge in [-0.25, -0.2) is 0 Å². The number of nitrogens with zero attached hydrogens (tertiary/aromatic N) is 3. The molecule has 25 heavy (non-hydrogen) atoms. The molecule has 2 atom stereocenters. The van der Waals surface area contributed by atoms with E-state index in [0.29, 0.717) is 5.92 Å². The zero-order chi connectivity index (χ0) is 18.5. The van der Waals surface area contributed by atoms with E-state index in [0.717, 1.165) is 25.0 Å². The average Bonchev–Trinajstić information content (AvgIpc) is 2.64. The molecule has 0 aromatic rings. The van der Waals surface area contributed by atoms with Crippen LogP contribution in [0.15, 0.2) is 4.99 Å². The fraction of sp³-hybridized carbons (Fsp3) is 0.950. The minimum Gasteiger partial charge on any atom is -0.356 e. The van der Waals surface area contributed by atoms with Gasteiger partial charge in [-0.05, 0) is 24.8 Å². The summed E-state index contributed by atoms with van der Waals surface area (Å²) in [6.07, 6.45) is 5.17. The van der Waals surface area contributed by atoms with Gasteiger partial charge in [0, 0.05) is 52.9 Å². The second kappa shape index (κ2) is 13.4. The monoisotopic (exact) mass is 353 g/mol. The molecule has 0 radical (unpaired) electrons. The SMILES string of the molecule is CCCCC(CC)CNC(=NC)NCC(C)CN1CCN(CC)CC1. The van der Waals surface area contributed by atoms with Crippen LogP contribution in [-0.4, -0.2) is 75.2 Å². The van der Waals surface area contributed by atoms with E-state index in [4.69, 9.17) is 0 Å². The van der Waals surface area contributed by atoms with Crippen LogP contribution in [0.3, 0.4) is 0 Å². The number of aliphatic imine (C=N–C) groups is 1. The number of unbranched alkanes of at least 4 members (excludes halogenated alkanes) is 1. The third-order valence-corrected chi connectivity index (χ3v) is 5.43. The van der Waals surface area contributed by atoms with Crippen molar-refractivity contribution in [3.8, 4) is 0 Å². The van der Waals surface area contributed by atoms with Crippen LogP contribution < -0.4 is 10.6 Å². The van der Waals surface area contributed by atoms with E-state index < -0.39 is 0 Å². The van der Waals surface area contributed by atoms with Gasteiger partial charge in [-0.1, -0.05) is 47.0 Å². The molecule has 148 valence electrons. The number of piperazine rings is 1. The van der Waals surface area contributed by atoms with Gasteiger partial charge < -0.3 is 20.4 Å². The minimum atomic E-state index is 0.633. The molecular formula is C20H43N5. The molecule has 5 heteroatoms. The number of nitrogens with one attached hydrogen (secondary N) is 2. The van der Waals surface area contributed by atoms with Gasteiger partial charge in [0.15, 0.2) is 5.96 Å². The van der Waals surface area contributed by atoms with E-state index in [1.54, 1.807) is 0 Å². The number of guanidine groups is 1. The summed E-state index contributed by atoms with van der Waals surface area (Å²) in [6, 6.07) is 0. The Bertz CT molecular complexity index is 350. The van der Waals surface area contributed by atoms with Crippen molar-refractivity contribution < 1.29 is 0 Å². The van der Waals surface area contributed by atoms with Crippen molar-refractivity contribution in [1.29, 1.82) is 0 Å². The van der Waals surface area contributed by atoms with E-state index in [1.165, 1.54) is 65.0 Å². The number of hydrogen-bond donors (Lipinski definition) is 2. The zero-order valence-electron chi connectivity index (χ0n) is 17.5. The molecule has 0 aromatic carbocycles. The van der Waals surface area contributed by atoms with E-state index in [-0.39, 0.29) is 0 Å². The van der Waals surface area contributed by atoms with Gasteiger partial charge >= 0.3 is 0 Å². The molecule has 0 aromatic heterocycles. The summed E-state index contributed by atoms with van der Waals surface area (Å²) in [6.45, 7) is 18.4. The topological polar surface area (TPSA) is 42.9 Å². The van der Waals surface area contributed by atoms with Crippen LogP contribution in [0, 0.1) is 11.8 Å². The van der Waals surface area contributed by atoms with Gasteiger partial charge in [0.1, 0.15) is 0 Å². The highest BCUT2D eigenvalue weighted by Crippen LogP contribution is 2.11. The maximum atomic E-state index is 4.39. The molecule has 1 aliphatic heterocycles. The Morgan fingerprint density at radius 1 is 1.00 bits per heavy atom. The van der Waals surface area contributed by atoms with Crippen LogP contribution in [0.5, 0.6) is 0 Å². The Labute approximate surface area is 156 Å². The number of likely N-dealkylation sites (N-methyl/N-ethyl adjacent to an activating group) is 1. The Morgan fingerprint density at radius 2 is 1.64 bits per heavy atom. The first-order valence-electron chi connectivity index (χ1n) is 10.5. The molecule has 1 fully saturated rings. The van der Waals surface area contributed by atoms with Crippen LogP contribution in [0.4, 0.5) is 0 Å². The first-order chi connectivity index (χ1) is 12.1. The lowest BCUT2D eigenvalue weighted by atomic mass is 9.99. The quantitative estimate of drug-likeness (QED) is 0.443. The van der Waals surface area contributed by atoms with Crippen molar-refractivity contribution in [2.24, 2.45) is 16.8 Å². The van der Waals surface area contributed by atoms with Crippen molar-refractivity contribution in [3.05, 3.63) is 0 Å². The Hall–Kier alpha value is -0.810. The molecule has 2 N–H and O–H groups in total. The third kappa shape index (κ3) is 9.45. The minimum absolute atomic E-state index is 0.633. The Balaban J connectivity index is 2.22. The highest BCUT2D eigenvalue weighted by atomic mass is 15.3. The summed E-state index contributed by atoms with van der Waals surface area (Å²) in [7, 11) is 1.87. The molecule has 2 unspecified atom stereocenters. The molecule has 0 aliphatic carbocycles. The van der Waals surface area contributed by atoms with Crippen molar-refractivity contribution in [3.63, 3.8) is 0 Å². The lowest BCUT2D eigenvalue weighted by Gasteiger charge is -2.35. The molecule has 1 rings (SSSR count). The lowest BCUT2D eigenvalue weighted by Crippen LogP contribution is -2.48. The van der Waals surface area contributed by atoms with Crippen LogP contribution in [0.25, 0.3) is 0 Å². The highest BCUT2D eigenvalue weighted by Gasteiger charge is 2.17. The van der Waals surface area contributed by atoms with Crippen LogP contribution in [-0.2, 0) is 0 Å². The van der Waals surface area contributed by atoms with Gasteiger partial charge in [0.2, 0.25) is 0 Å². The van der Waals surface area contributed by atoms with Gasteiger partial charge in [0.05, 0.1) is 0 Å². The average molecular weight is 354 g/mol. The standard InChI is InChI=1S/C20H43N5/c1-6-9-10-19(7-2)16-23-20(21-5)22-15-18(4)17-25-13-11-24(8-3)12-14-25/h18-19H,6-17H2,1-5H3,(H2,21,22,23). The summed E-state index contributed by atoms with van der Waals surface area (Å²) in [4.78, 5) is 9.53. The van der Waals surface area contributed by atoms with E-state index in [1.807, 2.05) is 7.05 Å². The first-order valence-corrected chi connectivity index (χ1v) is 10.5. The zero-order valence-corrected chi connectivity index (χ0v) is 17.5. The summed E-state index contributed by atoms with van der Waals surface area (Å²) >= 11 is 0.